The summed E-state index contributed by atoms with van der Waals surface area (Å²) in [6.07, 6.45) is 3.31. The van der Waals surface area contributed by atoms with Crippen molar-refractivity contribution in [3.63, 3.8) is 0 Å². The maximum Gasteiger partial charge on any atom is 0.228 e. The van der Waals surface area contributed by atoms with E-state index in [1.165, 1.54) is 0 Å². The molecule has 0 saturated carbocycles. The average Bonchev–Trinajstić information content (AvgIpc) is 2.58. The van der Waals surface area contributed by atoms with Gasteiger partial charge in [-0.15, -0.1) is 0 Å². The van der Waals surface area contributed by atoms with Gasteiger partial charge in [0, 0.05) is 26.6 Å². The second-order valence-electron chi connectivity index (χ2n) is 7.01. The number of piperidine rings is 2. The first-order chi connectivity index (χ1) is 11.1. The van der Waals surface area contributed by atoms with E-state index in [4.69, 9.17) is 0 Å². The van der Waals surface area contributed by atoms with Gasteiger partial charge in [-0.3, -0.25) is 9.59 Å². The lowest BCUT2D eigenvalue weighted by Crippen LogP contribution is -2.49. The molecule has 0 unspecified atom stereocenters. The van der Waals surface area contributed by atoms with E-state index in [0.717, 1.165) is 31.5 Å². The van der Waals surface area contributed by atoms with Crippen LogP contribution in [-0.2, 0) is 9.59 Å². The third-order valence-electron chi connectivity index (χ3n) is 5.41. The van der Waals surface area contributed by atoms with Crippen molar-refractivity contribution in [1.82, 2.24) is 9.80 Å². The second kappa shape index (κ2) is 6.73. The van der Waals surface area contributed by atoms with Crippen molar-refractivity contribution in [3.05, 3.63) is 35.9 Å². The van der Waals surface area contributed by atoms with Gasteiger partial charge < -0.3 is 9.80 Å². The number of amides is 2. The number of hydrogen-bond acceptors (Lipinski definition) is 2. The van der Waals surface area contributed by atoms with Crippen molar-refractivity contribution in [1.29, 1.82) is 0 Å². The summed E-state index contributed by atoms with van der Waals surface area (Å²) in [5.41, 5.74) is 1.06. The normalized spacial score (nSPS) is 26.4. The topological polar surface area (TPSA) is 40.6 Å². The van der Waals surface area contributed by atoms with Gasteiger partial charge in [-0.05, 0) is 30.7 Å². The van der Waals surface area contributed by atoms with Crippen LogP contribution in [0.3, 0.4) is 0 Å². The quantitative estimate of drug-likeness (QED) is 0.842. The van der Waals surface area contributed by atoms with E-state index in [9.17, 15) is 9.59 Å². The molecule has 2 saturated heterocycles. The molecule has 0 radical (unpaired) electrons. The summed E-state index contributed by atoms with van der Waals surface area (Å²) in [7, 11) is 1.83. The molecule has 4 heteroatoms. The van der Waals surface area contributed by atoms with Crippen LogP contribution in [0.15, 0.2) is 30.3 Å². The fourth-order valence-electron chi connectivity index (χ4n) is 3.87. The Morgan fingerprint density at radius 1 is 1.09 bits per heavy atom. The fraction of sp³-hybridized carbons (Fsp3) is 0.579. The molecule has 2 aliphatic heterocycles. The van der Waals surface area contributed by atoms with Gasteiger partial charge in [0.2, 0.25) is 11.8 Å². The second-order valence-corrected chi connectivity index (χ2v) is 7.01. The number of likely N-dealkylation sites (tertiary alicyclic amines) is 2. The highest BCUT2D eigenvalue weighted by Gasteiger charge is 2.40. The zero-order chi connectivity index (χ0) is 16.4. The first-order valence-electron chi connectivity index (χ1n) is 8.67. The summed E-state index contributed by atoms with van der Waals surface area (Å²) in [6.45, 7) is 3.97. The molecule has 1 aromatic carbocycles. The predicted octanol–water partition coefficient (Wildman–Crippen LogP) is 2.85. The van der Waals surface area contributed by atoms with Crippen molar-refractivity contribution < 1.29 is 9.59 Å². The average molecular weight is 314 g/mol. The van der Waals surface area contributed by atoms with Crippen molar-refractivity contribution >= 4 is 11.8 Å². The lowest BCUT2D eigenvalue weighted by atomic mass is 9.83. The lowest BCUT2D eigenvalue weighted by molar-refractivity contribution is -0.147. The minimum atomic E-state index is -0.135. The van der Waals surface area contributed by atoms with Crippen LogP contribution >= 0.6 is 0 Å². The summed E-state index contributed by atoms with van der Waals surface area (Å²) < 4.78 is 0. The van der Waals surface area contributed by atoms with Crippen LogP contribution in [-0.4, -0.2) is 41.8 Å². The van der Waals surface area contributed by atoms with E-state index in [-0.39, 0.29) is 23.8 Å². The van der Waals surface area contributed by atoms with Crippen LogP contribution in [0, 0.1) is 11.8 Å². The number of carbonyl (C=O) groups is 2. The van der Waals surface area contributed by atoms with Crippen LogP contribution in [0.25, 0.3) is 0 Å². The molecule has 124 valence electrons. The van der Waals surface area contributed by atoms with Crippen molar-refractivity contribution in [2.45, 2.75) is 38.6 Å². The van der Waals surface area contributed by atoms with Gasteiger partial charge in [0.25, 0.3) is 0 Å². The van der Waals surface area contributed by atoms with Gasteiger partial charge in [0.15, 0.2) is 0 Å². The maximum absolute atomic E-state index is 13.1. The summed E-state index contributed by atoms with van der Waals surface area (Å²) in [6, 6.07) is 9.84. The van der Waals surface area contributed by atoms with E-state index < -0.39 is 0 Å². The molecule has 1 aromatic rings. The standard InChI is InChI=1S/C19H26N2O2/c1-14-10-12-21(13-11-14)19(23)16-8-9-17(22)20(2)18(16)15-6-4-3-5-7-15/h3-7,14,16,18H,8-13H2,1-2H3/t16-,18+/m0/s1. The molecule has 3 rings (SSSR count). The Kier molecular flexibility index (Phi) is 4.69. The first kappa shape index (κ1) is 16.0. The summed E-state index contributed by atoms with van der Waals surface area (Å²) in [5.74, 6) is 0.952. The molecule has 0 aliphatic carbocycles. The molecule has 23 heavy (non-hydrogen) atoms. The SMILES string of the molecule is CC1CCN(C(=O)[C@H]2CCC(=O)N(C)[C@@H]2c2ccccc2)CC1. The van der Waals surface area contributed by atoms with Gasteiger partial charge in [-0.1, -0.05) is 37.3 Å². The van der Waals surface area contributed by atoms with Crippen LogP contribution in [0.4, 0.5) is 0 Å². The van der Waals surface area contributed by atoms with E-state index >= 15 is 0 Å². The molecule has 2 amide bonds. The number of hydrogen-bond donors (Lipinski definition) is 0. The highest BCUT2D eigenvalue weighted by Crippen LogP contribution is 2.37. The molecule has 2 fully saturated rings. The van der Waals surface area contributed by atoms with Crippen LogP contribution in [0.1, 0.15) is 44.2 Å². The molecule has 0 spiro atoms. The highest BCUT2D eigenvalue weighted by atomic mass is 16.2. The minimum absolute atomic E-state index is 0.117. The largest absolute Gasteiger partial charge is 0.342 e. The number of carbonyl (C=O) groups excluding carboxylic acids is 2. The Morgan fingerprint density at radius 3 is 2.39 bits per heavy atom. The number of nitrogens with zero attached hydrogens (tertiary/aromatic N) is 2. The Balaban J connectivity index is 1.83. The summed E-state index contributed by atoms with van der Waals surface area (Å²) >= 11 is 0. The molecule has 0 N–H and O–H groups in total. The molecule has 2 aliphatic rings. The Bertz CT molecular complexity index is 564. The van der Waals surface area contributed by atoms with Crippen LogP contribution in [0.2, 0.25) is 0 Å². The third-order valence-corrected chi connectivity index (χ3v) is 5.41. The molecule has 2 heterocycles. The third kappa shape index (κ3) is 3.26. The van der Waals surface area contributed by atoms with Gasteiger partial charge in [0.05, 0.1) is 12.0 Å². The monoisotopic (exact) mass is 314 g/mol. The minimum Gasteiger partial charge on any atom is -0.342 e. The van der Waals surface area contributed by atoms with Crippen LogP contribution < -0.4 is 0 Å². The summed E-state index contributed by atoms with van der Waals surface area (Å²) in [5, 5.41) is 0. The van der Waals surface area contributed by atoms with Crippen molar-refractivity contribution in [2.75, 3.05) is 20.1 Å². The number of rotatable bonds is 2. The maximum atomic E-state index is 13.1. The zero-order valence-electron chi connectivity index (χ0n) is 14.1. The van der Waals surface area contributed by atoms with Crippen molar-refractivity contribution in [3.8, 4) is 0 Å². The highest BCUT2D eigenvalue weighted by molar-refractivity contribution is 5.85. The smallest absolute Gasteiger partial charge is 0.228 e. The molecular weight excluding hydrogens is 288 g/mol. The molecular formula is C19H26N2O2. The van der Waals surface area contributed by atoms with Gasteiger partial charge in [0.1, 0.15) is 0 Å². The van der Waals surface area contributed by atoms with Gasteiger partial charge >= 0.3 is 0 Å². The van der Waals surface area contributed by atoms with Gasteiger partial charge in [-0.2, -0.15) is 0 Å². The lowest BCUT2D eigenvalue weighted by Gasteiger charge is -2.41. The van der Waals surface area contributed by atoms with Gasteiger partial charge in [-0.25, -0.2) is 0 Å². The van der Waals surface area contributed by atoms with Crippen molar-refractivity contribution in [2.24, 2.45) is 11.8 Å². The summed E-state index contributed by atoms with van der Waals surface area (Å²) in [4.78, 5) is 29.0. The molecule has 0 aromatic heterocycles. The molecule has 2 atom stereocenters. The molecule has 4 nitrogen and oxygen atoms in total. The van der Waals surface area contributed by atoms with E-state index in [0.29, 0.717) is 18.8 Å². The van der Waals surface area contributed by atoms with E-state index in [1.807, 2.05) is 42.3 Å². The number of benzene rings is 1. The Morgan fingerprint density at radius 2 is 1.74 bits per heavy atom. The first-order valence-corrected chi connectivity index (χ1v) is 8.67. The fourth-order valence-corrected chi connectivity index (χ4v) is 3.87. The Hall–Kier alpha value is -1.84. The van der Waals surface area contributed by atoms with E-state index in [1.54, 1.807) is 4.90 Å². The Labute approximate surface area is 138 Å². The molecule has 0 bridgehead atoms. The van der Waals surface area contributed by atoms with Crippen LogP contribution in [0.5, 0.6) is 0 Å². The predicted molar refractivity (Wildman–Crippen MR) is 89.7 cm³/mol. The van der Waals surface area contributed by atoms with E-state index in [2.05, 4.69) is 6.92 Å². The zero-order valence-corrected chi connectivity index (χ0v) is 14.1.